The fraction of sp³-hybridized carbons (Fsp3) is 0.214. The molecule has 0 aromatic heterocycles. The minimum absolute atomic E-state index is 0.366. The molecule has 0 saturated heterocycles. The first-order chi connectivity index (χ1) is 8.53. The van der Waals surface area contributed by atoms with Crippen molar-refractivity contribution in [1.82, 2.24) is 5.32 Å². The first kappa shape index (κ1) is 13.7. The molecule has 1 amide bonds. The first-order valence-electron chi connectivity index (χ1n) is 5.36. The van der Waals surface area contributed by atoms with Gasteiger partial charge in [0.15, 0.2) is 5.54 Å². The zero-order valence-corrected chi connectivity index (χ0v) is 10.4. The predicted octanol–water partition coefficient (Wildman–Crippen LogP) is 1.69. The lowest BCUT2D eigenvalue weighted by Gasteiger charge is -2.23. The monoisotopic (exact) mass is 245 g/mol. The standard InChI is InChI=1S/C14H15NO3/c1-4-10-14(2,13(17)18-3)15-12(16)11-8-6-5-7-9-11/h5-10H,1H2,2-3H3,(H,15,16). The number of hydrogen-bond acceptors (Lipinski definition) is 3. The van der Waals surface area contributed by atoms with Crippen LogP contribution in [0.25, 0.3) is 0 Å². The molecule has 1 aromatic carbocycles. The molecule has 0 radical (unpaired) electrons. The Kier molecular flexibility index (Phi) is 4.46. The number of ether oxygens (including phenoxy) is 1. The maximum absolute atomic E-state index is 12.0. The van der Waals surface area contributed by atoms with Crippen molar-refractivity contribution in [3.05, 3.63) is 54.3 Å². The van der Waals surface area contributed by atoms with E-state index in [0.717, 1.165) is 0 Å². The first-order valence-corrected chi connectivity index (χ1v) is 5.36. The average Bonchev–Trinajstić information content (AvgIpc) is 2.39. The number of nitrogens with one attached hydrogen (secondary N) is 1. The topological polar surface area (TPSA) is 55.4 Å². The van der Waals surface area contributed by atoms with Crippen molar-refractivity contribution in [2.45, 2.75) is 12.5 Å². The quantitative estimate of drug-likeness (QED) is 0.648. The van der Waals surface area contributed by atoms with Crippen LogP contribution in [0, 0.1) is 0 Å². The number of carbonyl (C=O) groups excluding carboxylic acids is 2. The fourth-order valence-electron chi connectivity index (χ4n) is 1.46. The summed E-state index contributed by atoms with van der Waals surface area (Å²) in [6.45, 7) is 4.93. The van der Waals surface area contributed by atoms with E-state index in [1.165, 1.54) is 20.1 Å². The molecule has 1 atom stereocenters. The summed E-state index contributed by atoms with van der Waals surface area (Å²) in [5, 5.41) is 2.59. The Bertz CT molecular complexity index is 489. The normalized spacial score (nSPS) is 12.8. The Labute approximate surface area is 106 Å². The highest BCUT2D eigenvalue weighted by Crippen LogP contribution is 2.10. The molecule has 1 unspecified atom stereocenters. The maximum atomic E-state index is 12.0. The van der Waals surface area contributed by atoms with Gasteiger partial charge in [-0.3, -0.25) is 4.79 Å². The number of carbonyl (C=O) groups is 2. The third-order valence-electron chi connectivity index (χ3n) is 2.41. The average molecular weight is 245 g/mol. The van der Waals surface area contributed by atoms with E-state index in [9.17, 15) is 9.59 Å². The lowest BCUT2D eigenvalue weighted by molar-refractivity contribution is -0.145. The Morgan fingerprint density at radius 2 is 2.00 bits per heavy atom. The lowest BCUT2D eigenvalue weighted by Crippen LogP contribution is -2.51. The second-order valence-electron chi connectivity index (χ2n) is 3.86. The predicted molar refractivity (Wildman–Crippen MR) is 68.0 cm³/mol. The van der Waals surface area contributed by atoms with Gasteiger partial charge in [0.1, 0.15) is 0 Å². The van der Waals surface area contributed by atoms with Crippen LogP contribution in [0.3, 0.4) is 0 Å². The largest absolute Gasteiger partial charge is 0.467 e. The number of rotatable bonds is 4. The van der Waals surface area contributed by atoms with E-state index >= 15 is 0 Å². The van der Waals surface area contributed by atoms with Crippen LogP contribution in [0.4, 0.5) is 0 Å². The minimum Gasteiger partial charge on any atom is -0.467 e. The van der Waals surface area contributed by atoms with Gasteiger partial charge in [0.05, 0.1) is 7.11 Å². The Morgan fingerprint density at radius 3 is 2.50 bits per heavy atom. The molecular formula is C14H15NO3. The summed E-state index contributed by atoms with van der Waals surface area (Å²) in [7, 11) is 1.26. The zero-order chi connectivity index (χ0) is 13.6. The molecule has 0 fully saturated rings. The summed E-state index contributed by atoms with van der Waals surface area (Å²) < 4.78 is 4.65. The molecule has 4 heteroatoms. The van der Waals surface area contributed by atoms with Crippen molar-refractivity contribution < 1.29 is 14.3 Å². The van der Waals surface area contributed by atoms with Crippen LogP contribution >= 0.6 is 0 Å². The van der Waals surface area contributed by atoms with Crippen LogP contribution in [0.15, 0.2) is 48.7 Å². The molecular weight excluding hydrogens is 230 g/mol. The highest BCUT2D eigenvalue weighted by Gasteiger charge is 2.33. The van der Waals surface area contributed by atoms with Gasteiger partial charge in [0.2, 0.25) is 0 Å². The lowest BCUT2D eigenvalue weighted by atomic mass is 10.0. The van der Waals surface area contributed by atoms with Crippen molar-refractivity contribution in [1.29, 1.82) is 0 Å². The molecule has 94 valence electrons. The number of benzene rings is 1. The smallest absolute Gasteiger partial charge is 0.336 e. The van der Waals surface area contributed by atoms with Gasteiger partial charge in [-0.1, -0.05) is 24.8 Å². The molecule has 18 heavy (non-hydrogen) atoms. The van der Waals surface area contributed by atoms with Crippen molar-refractivity contribution in [2.75, 3.05) is 7.11 Å². The van der Waals surface area contributed by atoms with Crippen LogP contribution in [-0.2, 0) is 9.53 Å². The number of esters is 1. The van der Waals surface area contributed by atoms with Crippen LogP contribution in [-0.4, -0.2) is 24.5 Å². The Balaban J connectivity index is 2.95. The Morgan fingerprint density at radius 1 is 1.39 bits per heavy atom. The molecule has 1 aromatic rings. The molecule has 0 spiro atoms. The fourth-order valence-corrected chi connectivity index (χ4v) is 1.46. The summed E-state index contributed by atoms with van der Waals surface area (Å²) in [4.78, 5) is 23.6. The molecule has 0 heterocycles. The van der Waals surface area contributed by atoms with Gasteiger partial charge in [0.25, 0.3) is 5.91 Å². The van der Waals surface area contributed by atoms with Crippen molar-refractivity contribution >= 4 is 11.9 Å². The van der Waals surface area contributed by atoms with Crippen molar-refractivity contribution in [3.8, 4) is 0 Å². The van der Waals surface area contributed by atoms with E-state index in [-0.39, 0.29) is 5.91 Å². The number of methoxy groups -OCH3 is 1. The summed E-state index contributed by atoms with van der Waals surface area (Å²) >= 11 is 0. The maximum Gasteiger partial charge on any atom is 0.336 e. The third kappa shape index (κ3) is 3.09. The highest BCUT2D eigenvalue weighted by molar-refractivity contribution is 5.98. The third-order valence-corrected chi connectivity index (χ3v) is 2.41. The van der Waals surface area contributed by atoms with Gasteiger partial charge >= 0.3 is 5.97 Å². The summed E-state index contributed by atoms with van der Waals surface area (Å²) in [5.74, 6) is -0.946. The van der Waals surface area contributed by atoms with Crippen LogP contribution < -0.4 is 5.32 Å². The molecule has 1 rings (SSSR count). The zero-order valence-electron chi connectivity index (χ0n) is 10.4. The van der Waals surface area contributed by atoms with Crippen LogP contribution in [0.5, 0.6) is 0 Å². The highest BCUT2D eigenvalue weighted by atomic mass is 16.5. The number of amides is 1. The second-order valence-corrected chi connectivity index (χ2v) is 3.86. The van der Waals surface area contributed by atoms with E-state index in [1.807, 2.05) is 0 Å². The van der Waals surface area contributed by atoms with E-state index in [1.54, 1.807) is 30.3 Å². The van der Waals surface area contributed by atoms with Crippen molar-refractivity contribution in [3.63, 3.8) is 0 Å². The van der Waals surface area contributed by atoms with Crippen LogP contribution in [0.1, 0.15) is 17.3 Å². The van der Waals surface area contributed by atoms with Gasteiger partial charge in [-0.15, -0.1) is 5.73 Å². The molecule has 4 nitrogen and oxygen atoms in total. The van der Waals surface area contributed by atoms with Gasteiger partial charge in [0, 0.05) is 5.56 Å². The van der Waals surface area contributed by atoms with E-state index in [0.29, 0.717) is 5.56 Å². The summed E-state index contributed by atoms with van der Waals surface area (Å²) in [5.41, 5.74) is 1.68. The molecule has 0 bridgehead atoms. The second kappa shape index (κ2) is 5.84. The molecule has 0 aliphatic rings. The Hall–Kier alpha value is -2.32. The van der Waals surface area contributed by atoms with Gasteiger partial charge in [-0.05, 0) is 25.1 Å². The van der Waals surface area contributed by atoms with E-state index in [4.69, 9.17) is 0 Å². The molecule has 1 N–H and O–H groups in total. The van der Waals surface area contributed by atoms with Crippen molar-refractivity contribution in [2.24, 2.45) is 0 Å². The summed E-state index contributed by atoms with van der Waals surface area (Å²) in [6.07, 6.45) is 1.36. The summed E-state index contributed by atoms with van der Waals surface area (Å²) in [6, 6.07) is 8.61. The molecule has 0 aliphatic heterocycles. The minimum atomic E-state index is -1.27. The molecule has 0 saturated carbocycles. The van der Waals surface area contributed by atoms with E-state index < -0.39 is 11.5 Å². The number of hydrogen-bond donors (Lipinski definition) is 1. The van der Waals surface area contributed by atoms with Crippen LogP contribution in [0.2, 0.25) is 0 Å². The van der Waals surface area contributed by atoms with E-state index in [2.05, 4.69) is 22.4 Å². The van der Waals surface area contributed by atoms with Gasteiger partial charge < -0.3 is 10.1 Å². The molecule has 0 aliphatic carbocycles. The SMILES string of the molecule is C=C=CC(C)(NC(=O)c1ccccc1)C(=O)OC. The van der Waals surface area contributed by atoms with Gasteiger partial charge in [-0.2, -0.15) is 0 Å². The van der Waals surface area contributed by atoms with Gasteiger partial charge in [-0.25, -0.2) is 4.79 Å².